The molecule has 8 heteroatoms. The molecule has 2 aromatic carbocycles. The third-order valence-electron chi connectivity index (χ3n) is 5.47. The molecule has 4 rings (SSSR count). The average Bonchev–Trinajstić information content (AvgIpc) is 3.00. The molecule has 29 heavy (non-hydrogen) atoms. The van der Waals surface area contributed by atoms with Gasteiger partial charge in [0.25, 0.3) is 10.0 Å². The first-order chi connectivity index (χ1) is 13.8. The Morgan fingerprint density at radius 1 is 1.14 bits per heavy atom. The molecule has 0 spiro atoms. The van der Waals surface area contributed by atoms with Crippen LogP contribution >= 0.6 is 11.6 Å². The molecule has 1 saturated heterocycles. The number of hydrogen-bond donors (Lipinski definition) is 0. The molecule has 2 aliphatic rings. The van der Waals surface area contributed by atoms with Gasteiger partial charge in [-0.05, 0) is 42.7 Å². The molecule has 0 N–H and O–H groups in total. The summed E-state index contributed by atoms with van der Waals surface area (Å²) < 4.78 is 28.5. The first-order valence-corrected chi connectivity index (χ1v) is 11.4. The SMILES string of the molecule is CN(Cc1ccc(Cl)cc1)C(=O)C1CCN(C2=NS(=O)(=O)c3ccccc32)CC1. The summed E-state index contributed by atoms with van der Waals surface area (Å²) in [5, 5.41) is 0.675. The zero-order valence-electron chi connectivity index (χ0n) is 16.1. The number of amidine groups is 1. The Bertz CT molecular complexity index is 1060. The normalized spacial score (nSPS) is 18.3. The highest BCUT2D eigenvalue weighted by Gasteiger charge is 2.34. The summed E-state index contributed by atoms with van der Waals surface area (Å²) in [6.45, 7) is 1.75. The van der Waals surface area contributed by atoms with Gasteiger partial charge in [0, 0.05) is 43.2 Å². The molecule has 0 unspecified atom stereocenters. The van der Waals surface area contributed by atoms with E-state index < -0.39 is 10.0 Å². The zero-order chi connectivity index (χ0) is 20.6. The van der Waals surface area contributed by atoms with Crippen molar-refractivity contribution in [3.8, 4) is 0 Å². The zero-order valence-corrected chi connectivity index (χ0v) is 17.7. The van der Waals surface area contributed by atoms with Gasteiger partial charge in [-0.1, -0.05) is 35.9 Å². The van der Waals surface area contributed by atoms with Crippen LogP contribution in [0.25, 0.3) is 0 Å². The Morgan fingerprint density at radius 2 is 1.79 bits per heavy atom. The van der Waals surface area contributed by atoms with Gasteiger partial charge in [0.1, 0.15) is 4.90 Å². The van der Waals surface area contributed by atoms with Gasteiger partial charge in [0.05, 0.1) is 0 Å². The molecule has 6 nitrogen and oxygen atoms in total. The number of carbonyl (C=O) groups excluding carboxylic acids is 1. The number of carbonyl (C=O) groups is 1. The minimum Gasteiger partial charge on any atom is -0.355 e. The molecule has 0 bridgehead atoms. The van der Waals surface area contributed by atoms with E-state index in [9.17, 15) is 13.2 Å². The summed E-state index contributed by atoms with van der Waals surface area (Å²) in [7, 11) is -1.81. The van der Waals surface area contributed by atoms with Crippen LogP contribution in [0.3, 0.4) is 0 Å². The lowest BCUT2D eigenvalue weighted by Crippen LogP contribution is -2.43. The lowest BCUT2D eigenvalue weighted by molar-refractivity contribution is -0.136. The molecule has 2 aliphatic heterocycles. The average molecular weight is 432 g/mol. The summed E-state index contributed by atoms with van der Waals surface area (Å²) in [5.41, 5.74) is 1.68. The molecule has 0 radical (unpaired) electrons. The summed E-state index contributed by atoms with van der Waals surface area (Å²) in [5.74, 6) is 0.541. The molecule has 2 aromatic rings. The Morgan fingerprint density at radius 3 is 2.48 bits per heavy atom. The van der Waals surface area contributed by atoms with Gasteiger partial charge in [0.2, 0.25) is 5.91 Å². The summed E-state index contributed by atoms with van der Waals surface area (Å²) >= 11 is 5.92. The van der Waals surface area contributed by atoms with E-state index in [0.29, 0.717) is 48.9 Å². The fraction of sp³-hybridized carbons (Fsp3) is 0.333. The van der Waals surface area contributed by atoms with Crippen molar-refractivity contribution in [1.29, 1.82) is 0 Å². The quantitative estimate of drug-likeness (QED) is 0.748. The third-order valence-corrected chi connectivity index (χ3v) is 7.04. The highest BCUT2D eigenvalue weighted by atomic mass is 35.5. The van der Waals surface area contributed by atoms with Gasteiger partial charge in [-0.25, -0.2) is 0 Å². The van der Waals surface area contributed by atoms with Crippen molar-refractivity contribution in [2.75, 3.05) is 20.1 Å². The molecule has 1 amide bonds. The van der Waals surface area contributed by atoms with Gasteiger partial charge < -0.3 is 9.80 Å². The van der Waals surface area contributed by atoms with Crippen LogP contribution in [0.15, 0.2) is 57.8 Å². The summed E-state index contributed by atoms with van der Waals surface area (Å²) in [4.78, 5) is 16.8. The van der Waals surface area contributed by atoms with Crippen LogP contribution in [-0.2, 0) is 21.4 Å². The highest BCUT2D eigenvalue weighted by Crippen LogP contribution is 2.30. The van der Waals surface area contributed by atoms with Gasteiger partial charge in [-0.15, -0.1) is 4.40 Å². The van der Waals surface area contributed by atoms with Crippen molar-refractivity contribution in [3.05, 3.63) is 64.7 Å². The Balaban J connectivity index is 1.39. The summed E-state index contributed by atoms with van der Waals surface area (Å²) in [6, 6.07) is 14.4. The third kappa shape index (κ3) is 4.02. The van der Waals surface area contributed by atoms with Crippen LogP contribution < -0.4 is 0 Å². The number of hydrogen-bond acceptors (Lipinski definition) is 4. The molecule has 1 fully saturated rings. The number of halogens is 1. The fourth-order valence-corrected chi connectivity index (χ4v) is 5.26. The van der Waals surface area contributed by atoms with Gasteiger partial charge in [-0.3, -0.25) is 4.79 Å². The van der Waals surface area contributed by atoms with Crippen molar-refractivity contribution < 1.29 is 13.2 Å². The van der Waals surface area contributed by atoms with Crippen LogP contribution in [0.2, 0.25) is 5.02 Å². The van der Waals surface area contributed by atoms with Crippen LogP contribution in [0, 0.1) is 5.92 Å². The molecule has 0 aliphatic carbocycles. The first-order valence-electron chi connectivity index (χ1n) is 9.54. The van der Waals surface area contributed by atoms with Crippen molar-refractivity contribution >= 4 is 33.4 Å². The van der Waals surface area contributed by atoms with Crippen LogP contribution in [0.4, 0.5) is 0 Å². The molecule has 2 heterocycles. The second kappa shape index (κ2) is 7.80. The maximum atomic E-state index is 12.9. The number of sulfonamides is 1. The highest BCUT2D eigenvalue weighted by molar-refractivity contribution is 7.90. The van der Waals surface area contributed by atoms with Gasteiger partial charge >= 0.3 is 0 Å². The predicted molar refractivity (Wildman–Crippen MR) is 112 cm³/mol. The smallest absolute Gasteiger partial charge is 0.285 e. The Labute approximate surface area is 175 Å². The molecule has 0 aromatic heterocycles. The number of rotatable bonds is 3. The minimum atomic E-state index is -3.62. The number of nitrogens with zero attached hydrogens (tertiary/aromatic N) is 3. The second-order valence-corrected chi connectivity index (χ2v) is 9.48. The number of fused-ring (bicyclic) bond motifs is 1. The standard InChI is InChI=1S/C21H22ClN3O3S/c1-24(14-15-6-8-17(22)9-7-15)21(26)16-10-12-25(13-11-16)20-18-4-2-3-5-19(18)29(27,28)23-20/h2-9,16H,10-14H2,1H3. The van der Waals surface area contributed by atoms with E-state index in [1.54, 1.807) is 23.1 Å². The van der Waals surface area contributed by atoms with E-state index in [1.165, 1.54) is 0 Å². The topological polar surface area (TPSA) is 70.1 Å². The van der Waals surface area contributed by atoms with Gasteiger partial charge in [0.15, 0.2) is 5.84 Å². The summed E-state index contributed by atoms with van der Waals surface area (Å²) in [6.07, 6.45) is 1.34. The number of piperidine rings is 1. The van der Waals surface area contributed by atoms with E-state index in [1.807, 2.05) is 42.3 Å². The van der Waals surface area contributed by atoms with E-state index in [0.717, 1.165) is 5.56 Å². The fourth-order valence-electron chi connectivity index (χ4n) is 3.91. The van der Waals surface area contributed by atoms with E-state index in [2.05, 4.69) is 4.40 Å². The van der Waals surface area contributed by atoms with E-state index in [-0.39, 0.29) is 16.7 Å². The monoisotopic (exact) mass is 431 g/mol. The lowest BCUT2D eigenvalue weighted by Gasteiger charge is -2.34. The van der Waals surface area contributed by atoms with E-state index >= 15 is 0 Å². The number of likely N-dealkylation sites (tertiary alicyclic amines) is 1. The molecule has 152 valence electrons. The number of benzene rings is 2. The molecular formula is C21H22ClN3O3S. The maximum absolute atomic E-state index is 12.9. The molecule has 0 atom stereocenters. The van der Waals surface area contributed by atoms with Crippen LogP contribution in [-0.4, -0.2) is 50.1 Å². The maximum Gasteiger partial charge on any atom is 0.285 e. The van der Waals surface area contributed by atoms with Crippen molar-refractivity contribution in [3.63, 3.8) is 0 Å². The Hall–Kier alpha value is -2.38. The minimum absolute atomic E-state index is 0.0718. The Kier molecular flexibility index (Phi) is 5.36. The first kappa shape index (κ1) is 19.9. The van der Waals surface area contributed by atoms with Gasteiger partial charge in [-0.2, -0.15) is 8.42 Å². The lowest BCUT2D eigenvalue weighted by atomic mass is 9.94. The largest absolute Gasteiger partial charge is 0.355 e. The van der Waals surface area contributed by atoms with Crippen LogP contribution in [0.1, 0.15) is 24.0 Å². The molecule has 0 saturated carbocycles. The second-order valence-electron chi connectivity index (χ2n) is 7.47. The van der Waals surface area contributed by atoms with Crippen molar-refractivity contribution in [1.82, 2.24) is 9.80 Å². The van der Waals surface area contributed by atoms with Crippen molar-refractivity contribution in [2.24, 2.45) is 10.3 Å². The van der Waals surface area contributed by atoms with Crippen molar-refractivity contribution in [2.45, 2.75) is 24.3 Å². The van der Waals surface area contributed by atoms with Crippen LogP contribution in [0.5, 0.6) is 0 Å². The van der Waals surface area contributed by atoms with E-state index in [4.69, 9.17) is 11.6 Å². The number of amides is 1. The predicted octanol–water partition coefficient (Wildman–Crippen LogP) is 3.16. The molecular weight excluding hydrogens is 410 g/mol.